The van der Waals surface area contributed by atoms with Crippen molar-refractivity contribution >= 4 is 5.82 Å². The minimum Gasteiger partial charge on any atom is -0.368 e. The lowest BCUT2D eigenvalue weighted by Crippen LogP contribution is -2.24. The highest BCUT2D eigenvalue weighted by atomic mass is 15.3. The molecule has 3 nitrogen and oxygen atoms in total. The molecule has 1 unspecified atom stereocenters. The van der Waals surface area contributed by atoms with Gasteiger partial charge in [0.05, 0.1) is 6.20 Å². The second-order valence-corrected chi connectivity index (χ2v) is 4.97. The first-order valence-electron chi connectivity index (χ1n) is 5.79. The zero-order chi connectivity index (χ0) is 11.4. The molecule has 0 aliphatic carbocycles. The summed E-state index contributed by atoms with van der Waals surface area (Å²) in [6.45, 7) is 12.0. The van der Waals surface area contributed by atoms with Crippen molar-refractivity contribution in [2.24, 2.45) is 11.8 Å². The predicted molar refractivity (Wildman–Crippen MR) is 65.0 cm³/mol. The van der Waals surface area contributed by atoms with Crippen LogP contribution in [0.15, 0.2) is 12.3 Å². The number of hydrogen-bond acceptors (Lipinski definition) is 2. The highest BCUT2D eigenvalue weighted by Gasteiger charge is 2.10. The molecule has 86 valence electrons. The molecule has 1 atom stereocenters. The Hall–Kier alpha value is -0.990. The fourth-order valence-corrected chi connectivity index (χ4v) is 1.35. The van der Waals surface area contributed by atoms with Crippen LogP contribution in [0.2, 0.25) is 0 Å². The largest absolute Gasteiger partial charge is 0.368 e. The Morgan fingerprint density at radius 1 is 1.27 bits per heavy atom. The summed E-state index contributed by atoms with van der Waals surface area (Å²) in [7, 11) is 0. The molecule has 0 aromatic carbocycles. The van der Waals surface area contributed by atoms with E-state index >= 15 is 0 Å². The van der Waals surface area contributed by atoms with Gasteiger partial charge in [0.25, 0.3) is 0 Å². The van der Waals surface area contributed by atoms with Crippen LogP contribution in [-0.4, -0.2) is 15.8 Å². The second-order valence-electron chi connectivity index (χ2n) is 4.97. The van der Waals surface area contributed by atoms with Crippen LogP contribution >= 0.6 is 0 Å². The fourth-order valence-electron chi connectivity index (χ4n) is 1.35. The van der Waals surface area contributed by atoms with Gasteiger partial charge in [0.2, 0.25) is 0 Å². The SMILES string of the molecule is CC(C)Cn1nccc1NC(C)C(C)C. The summed E-state index contributed by atoms with van der Waals surface area (Å²) < 4.78 is 2.05. The highest BCUT2D eigenvalue weighted by Crippen LogP contribution is 2.13. The van der Waals surface area contributed by atoms with Gasteiger partial charge in [0.1, 0.15) is 5.82 Å². The monoisotopic (exact) mass is 209 g/mol. The maximum Gasteiger partial charge on any atom is 0.124 e. The van der Waals surface area contributed by atoms with E-state index in [1.807, 2.05) is 16.9 Å². The van der Waals surface area contributed by atoms with Gasteiger partial charge in [-0.15, -0.1) is 0 Å². The topological polar surface area (TPSA) is 29.9 Å². The molecule has 0 radical (unpaired) electrons. The molecule has 0 saturated carbocycles. The number of nitrogens with one attached hydrogen (secondary N) is 1. The minimum absolute atomic E-state index is 0.479. The van der Waals surface area contributed by atoms with Crippen molar-refractivity contribution in [1.82, 2.24) is 9.78 Å². The maximum atomic E-state index is 4.32. The van der Waals surface area contributed by atoms with Gasteiger partial charge in [-0.05, 0) is 18.8 Å². The summed E-state index contributed by atoms with van der Waals surface area (Å²) in [5.74, 6) is 2.39. The molecule has 0 fully saturated rings. The van der Waals surface area contributed by atoms with Crippen LogP contribution in [0.4, 0.5) is 5.82 Å². The predicted octanol–water partition coefficient (Wildman–Crippen LogP) is 3.00. The lowest BCUT2D eigenvalue weighted by Gasteiger charge is -2.20. The van der Waals surface area contributed by atoms with Crippen molar-refractivity contribution in [3.8, 4) is 0 Å². The molecule has 0 saturated heterocycles. The van der Waals surface area contributed by atoms with E-state index < -0.39 is 0 Å². The molecule has 1 aromatic rings. The maximum absolute atomic E-state index is 4.32. The van der Waals surface area contributed by atoms with Crippen molar-refractivity contribution in [3.63, 3.8) is 0 Å². The van der Waals surface area contributed by atoms with Crippen LogP contribution in [0.3, 0.4) is 0 Å². The van der Waals surface area contributed by atoms with Crippen LogP contribution in [0.5, 0.6) is 0 Å². The Morgan fingerprint density at radius 2 is 1.93 bits per heavy atom. The minimum atomic E-state index is 0.479. The highest BCUT2D eigenvalue weighted by molar-refractivity contribution is 5.35. The molecule has 0 spiro atoms. The number of nitrogens with zero attached hydrogens (tertiary/aromatic N) is 2. The average Bonchev–Trinajstić information content (AvgIpc) is 2.51. The Morgan fingerprint density at radius 3 is 2.47 bits per heavy atom. The zero-order valence-electron chi connectivity index (χ0n) is 10.5. The summed E-state index contributed by atoms with van der Waals surface area (Å²) in [4.78, 5) is 0. The van der Waals surface area contributed by atoms with Crippen LogP contribution in [0.1, 0.15) is 34.6 Å². The first-order chi connectivity index (χ1) is 7.00. The van der Waals surface area contributed by atoms with Gasteiger partial charge >= 0.3 is 0 Å². The van der Waals surface area contributed by atoms with Crippen molar-refractivity contribution < 1.29 is 0 Å². The van der Waals surface area contributed by atoms with Gasteiger partial charge in [-0.3, -0.25) is 0 Å². The number of rotatable bonds is 5. The first kappa shape index (κ1) is 12.1. The van der Waals surface area contributed by atoms with Crippen LogP contribution in [0, 0.1) is 11.8 Å². The molecule has 1 heterocycles. The van der Waals surface area contributed by atoms with Crippen molar-refractivity contribution in [3.05, 3.63) is 12.3 Å². The number of anilines is 1. The Balaban J connectivity index is 2.64. The molecular weight excluding hydrogens is 186 g/mol. The van der Waals surface area contributed by atoms with Crippen LogP contribution in [0.25, 0.3) is 0 Å². The Labute approximate surface area is 92.9 Å². The summed E-state index contributed by atoms with van der Waals surface area (Å²) in [6, 6.07) is 2.52. The second kappa shape index (κ2) is 5.19. The van der Waals surface area contributed by atoms with Gasteiger partial charge in [-0.25, -0.2) is 4.68 Å². The quantitative estimate of drug-likeness (QED) is 0.808. The van der Waals surface area contributed by atoms with Crippen LogP contribution in [-0.2, 0) is 6.54 Å². The van der Waals surface area contributed by atoms with E-state index in [2.05, 4.69) is 45.0 Å². The number of aromatic nitrogens is 2. The molecule has 1 aromatic heterocycles. The summed E-state index contributed by atoms with van der Waals surface area (Å²) in [5, 5.41) is 7.82. The molecule has 15 heavy (non-hydrogen) atoms. The molecule has 1 N–H and O–H groups in total. The standard InChI is InChI=1S/C12H23N3/c1-9(2)8-15-12(6-7-13-15)14-11(5)10(3)4/h6-7,9-11,14H,8H2,1-5H3. The third-order valence-corrected chi connectivity index (χ3v) is 2.63. The summed E-state index contributed by atoms with van der Waals surface area (Å²) >= 11 is 0. The average molecular weight is 209 g/mol. The van der Waals surface area contributed by atoms with E-state index in [0.717, 1.165) is 12.4 Å². The first-order valence-corrected chi connectivity index (χ1v) is 5.79. The van der Waals surface area contributed by atoms with Gasteiger partial charge in [-0.2, -0.15) is 5.10 Å². The van der Waals surface area contributed by atoms with E-state index in [0.29, 0.717) is 17.9 Å². The van der Waals surface area contributed by atoms with Gasteiger partial charge in [0.15, 0.2) is 0 Å². The molecule has 0 aliphatic rings. The summed E-state index contributed by atoms with van der Waals surface area (Å²) in [6.07, 6.45) is 1.86. The molecule has 0 aliphatic heterocycles. The third kappa shape index (κ3) is 3.57. The molecular formula is C12H23N3. The van der Waals surface area contributed by atoms with Crippen LogP contribution < -0.4 is 5.32 Å². The van der Waals surface area contributed by atoms with E-state index in [1.165, 1.54) is 0 Å². The van der Waals surface area contributed by atoms with Crippen molar-refractivity contribution in [2.75, 3.05) is 5.32 Å². The smallest absolute Gasteiger partial charge is 0.124 e. The van der Waals surface area contributed by atoms with E-state index in [4.69, 9.17) is 0 Å². The van der Waals surface area contributed by atoms with E-state index in [9.17, 15) is 0 Å². The normalized spacial score (nSPS) is 13.5. The van der Waals surface area contributed by atoms with Gasteiger partial charge in [0, 0.05) is 18.7 Å². The summed E-state index contributed by atoms with van der Waals surface area (Å²) in [5.41, 5.74) is 0. The third-order valence-electron chi connectivity index (χ3n) is 2.63. The Bertz CT molecular complexity index is 289. The van der Waals surface area contributed by atoms with E-state index in [1.54, 1.807) is 0 Å². The zero-order valence-corrected chi connectivity index (χ0v) is 10.5. The fraction of sp³-hybridized carbons (Fsp3) is 0.750. The van der Waals surface area contributed by atoms with E-state index in [-0.39, 0.29) is 0 Å². The molecule has 0 bridgehead atoms. The lowest BCUT2D eigenvalue weighted by molar-refractivity contribution is 0.479. The lowest BCUT2D eigenvalue weighted by atomic mass is 10.1. The van der Waals surface area contributed by atoms with Gasteiger partial charge in [-0.1, -0.05) is 27.7 Å². The van der Waals surface area contributed by atoms with Crippen molar-refractivity contribution in [1.29, 1.82) is 0 Å². The van der Waals surface area contributed by atoms with Gasteiger partial charge < -0.3 is 5.32 Å². The molecule has 3 heteroatoms. The molecule has 1 rings (SSSR count). The Kier molecular flexibility index (Phi) is 4.18. The van der Waals surface area contributed by atoms with Crippen molar-refractivity contribution in [2.45, 2.75) is 47.2 Å². The number of hydrogen-bond donors (Lipinski definition) is 1. The molecule has 0 amide bonds.